The molecule has 0 spiro atoms. The number of carboxylic acid groups (broad SMARTS) is 1. The van der Waals surface area contributed by atoms with E-state index < -0.39 is 12.0 Å². The summed E-state index contributed by atoms with van der Waals surface area (Å²) in [6, 6.07) is -0.700. The topological polar surface area (TPSA) is 78.9 Å². The molecule has 7 heteroatoms. The van der Waals surface area contributed by atoms with E-state index in [1.165, 1.54) is 16.7 Å². The maximum Gasteiger partial charge on any atom is 0.327 e. The van der Waals surface area contributed by atoms with Gasteiger partial charge in [0.05, 0.1) is 24.5 Å². The van der Waals surface area contributed by atoms with Crippen molar-refractivity contribution in [3.05, 3.63) is 0 Å². The molecule has 2 aliphatic heterocycles. The van der Waals surface area contributed by atoms with Crippen LogP contribution in [0.15, 0.2) is 0 Å². The van der Waals surface area contributed by atoms with Crippen molar-refractivity contribution < 1.29 is 19.4 Å². The van der Waals surface area contributed by atoms with E-state index in [4.69, 9.17) is 9.84 Å². The summed E-state index contributed by atoms with van der Waals surface area (Å²) in [5.41, 5.74) is 0. The van der Waals surface area contributed by atoms with Gasteiger partial charge in [0.1, 0.15) is 6.04 Å². The van der Waals surface area contributed by atoms with Crippen molar-refractivity contribution in [1.82, 2.24) is 10.2 Å². The van der Waals surface area contributed by atoms with E-state index in [1.54, 1.807) is 0 Å². The van der Waals surface area contributed by atoms with Crippen molar-refractivity contribution in [2.75, 3.05) is 25.4 Å². The molecule has 18 heavy (non-hydrogen) atoms. The summed E-state index contributed by atoms with van der Waals surface area (Å²) in [5.74, 6) is -0.595. The first-order valence-corrected chi connectivity index (χ1v) is 7.12. The van der Waals surface area contributed by atoms with E-state index in [-0.39, 0.29) is 23.8 Å². The summed E-state index contributed by atoms with van der Waals surface area (Å²) in [6.45, 7) is 3.92. The Kier molecular flexibility index (Phi) is 4.47. The summed E-state index contributed by atoms with van der Waals surface area (Å²) < 4.78 is 5.47. The third kappa shape index (κ3) is 2.96. The summed E-state index contributed by atoms with van der Waals surface area (Å²) >= 11 is 1.50. The number of thioether (sulfide) groups is 1. The molecule has 0 aromatic heterocycles. The van der Waals surface area contributed by atoms with Crippen LogP contribution in [0.4, 0.5) is 0 Å². The molecular formula is C11H18N2O4S. The molecule has 0 aliphatic carbocycles. The number of ether oxygens (including phenoxy) is 1. The van der Waals surface area contributed by atoms with Crippen molar-refractivity contribution >= 4 is 23.6 Å². The van der Waals surface area contributed by atoms with Crippen LogP contribution in [0, 0.1) is 0 Å². The maximum atomic E-state index is 12.2. The van der Waals surface area contributed by atoms with Crippen molar-refractivity contribution in [2.45, 2.75) is 30.9 Å². The van der Waals surface area contributed by atoms with Gasteiger partial charge in [-0.1, -0.05) is 0 Å². The van der Waals surface area contributed by atoms with Crippen LogP contribution in [0.3, 0.4) is 0 Å². The third-order valence-corrected chi connectivity index (χ3v) is 4.42. The number of amides is 1. The number of morpholine rings is 1. The van der Waals surface area contributed by atoms with E-state index in [1.807, 2.05) is 6.92 Å². The van der Waals surface area contributed by atoms with E-state index in [0.29, 0.717) is 18.9 Å². The van der Waals surface area contributed by atoms with E-state index in [9.17, 15) is 9.59 Å². The lowest BCUT2D eigenvalue weighted by Gasteiger charge is -2.29. The van der Waals surface area contributed by atoms with Crippen molar-refractivity contribution in [2.24, 2.45) is 0 Å². The Labute approximate surface area is 110 Å². The highest BCUT2D eigenvalue weighted by Crippen LogP contribution is 2.29. The Bertz CT molecular complexity index is 333. The van der Waals surface area contributed by atoms with Crippen molar-refractivity contribution in [3.63, 3.8) is 0 Å². The quantitative estimate of drug-likeness (QED) is 0.738. The predicted molar refractivity (Wildman–Crippen MR) is 67.4 cm³/mol. The smallest absolute Gasteiger partial charge is 0.327 e. The first-order chi connectivity index (χ1) is 8.59. The second-order valence-electron chi connectivity index (χ2n) is 4.49. The lowest BCUT2D eigenvalue weighted by Crippen LogP contribution is -2.48. The minimum Gasteiger partial charge on any atom is -0.480 e. The molecule has 3 unspecified atom stereocenters. The monoisotopic (exact) mass is 274 g/mol. The van der Waals surface area contributed by atoms with Crippen LogP contribution in [-0.2, 0) is 14.3 Å². The number of hydrogen-bond acceptors (Lipinski definition) is 5. The summed E-state index contributed by atoms with van der Waals surface area (Å²) in [4.78, 5) is 24.8. The Balaban J connectivity index is 1.95. The van der Waals surface area contributed by atoms with Crippen LogP contribution in [-0.4, -0.2) is 64.9 Å². The first-order valence-electron chi connectivity index (χ1n) is 6.07. The molecule has 2 saturated heterocycles. The lowest BCUT2D eigenvalue weighted by atomic mass is 10.1. The zero-order valence-corrected chi connectivity index (χ0v) is 11.1. The second-order valence-corrected chi connectivity index (χ2v) is 5.84. The molecule has 102 valence electrons. The van der Waals surface area contributed by atoms with Gasteiger partial charge >= 0.3 is 5.97 Å². The van der Waals surface area contributed by atoms with Crippen molar-refractivity contribution in [3.8, 4) is 0 Å². The van der Waals surface area contributed by atoms with E-state index in [2.05, 4.69) is 5.32 Å². The average molecular weight is 274 g/mol. The van der Waals surface area contributed by atoms with Gasteiger partial charge in [0.15, 0.2) is 0 Å². The molecule has 0 radical (unpaired) electrons. The molecule has 1 amide bonds. The molecular weight excluding hydrogens is 256 g/mol. The minimum absolute atomic E-state index is 0.0739. The number of aliphatic carboxylic acids is 1. The highest BCUT2D eigenvalue weighted by molar-refractivity contribution is 8.00. The lowest BCUT2D eigenvalue weighted by molar-refractivity contribution is -0.150. The van der Waals surface area contributed by atoms with Crippen LogP contribution in [0.1, 0.15) is 13.3 Å². The largest absolute Gasteiger partial charge is 0.480 e. The normalized spacial score (nSPS) is 32.5. The van der Waals surface area contributed by atoms with E-state index >= 15 is 0 Å². The van der Waals surface area contributed by atoms with Crippen molar-refractivity contribution in [1.29, 1.82) is 0 Å². The SMILES string of the molecule is CC1SCC(C(=O)O)N1C(=O)CC1CNCCO1. The summed E-state index contributed by atoms with van der Waals surface area (Å²) in [6.07, 6.45) is 0.111. The molecule has 6 nitrogen and oxygen atoms in total. The standard InChI is InChI=1S/C11H18N2O4S/c1-7-13(9(6-18-7)11(15)16)10(14)4-8-5-12-2-3-17-8/h7-9,12H,2-6H2,1H3,(H,15,16). The van der Waals surface area contributed by atoms with Crippen LogP contribution >= 0.6 is 11.8 Å². The third-order valence-electron chi connectivity index (χ3n) is 3.20. The van der Waals surface area contributed by atoms with Gasteiger partial charge in [0.2, 0.25) is 5.91 Å². The fourth-order valence-electron chi connectivity index (χ4n) is 2.26. The van der Waals surface area contributed by atoms with Crippen LogP contribution < -0.4 is 5.32 Å². The first kappa shape index (κ1) is 13.6. The maximum absolute atomic E-state index is 12.2. The van der Waals surface area contributed by atoms with Gasteiger partial charge in [-0.3, -0.25) is 4.79 Å². The van der Waals surface area contributed by atoms with Gasteiger partial charge in [-0.05, 0) is 6.92 Å². The minimum atomic E-state index is -0.928. The molecule has 3 atom stereocenters. The highest BCUT2D eigenvalue weighted by atomic mass is 32.2. The number of carboxylic acids is 1. The average Bonchev–Trinajstić information content (AvgIpc) is 2.72. The van der Waals surface area contributed by atoms with Gasteiger partial charge in [0, 0.05) is 18.8 Å². The van der Waals surface area contributed by atoms with Gasteiger partial charge in [0.25, 0.3) is 0 Å². The number of nitrogens with one attached hydrogen (secondary N) is 1. The molecule has 0 aromatic rings. The Hall–Kier alpha value is -0.790. The van der Waals surface area contributed by atoms with E-state index in [0.717, 1.165) is 6.54 Å². The molecule has 2 N–H and O–H groups in total. The van der Waals surface area contributed by atoms with Gasteiger partial charge in [-0.2, -0.15) is 0 Å². The van der Waals surface area contributed by atoms with Gasteiger partial charge < -0.3 is 20.1 Å². The van der Waals surface area contributed by atoms with Crippen LogP contribution in [0.25, 0.3) is 0 Å². The zero-order chi connectivity index (χ0) is 13.1. The summed E-state index contributed by atoms with van der Waals surface area (Å²) in [5, 5.41) is 12.2. The Morgan fingerprint density at radius 1 is 1.56 bits per heavy atom. The highest BCUT2D eigenvalue weighted by Gasteiger charge is 2.39. The number of hydrogen-bond donors (Lipinski definition) is 2. The fraction of sp³-hybridized carbons (Fsp3) is 0.818. The predicted octanol–water partition coefficient (Wildman–Crippen LogP) is -0.260. The Morgan fingerprint density at radius 3 is 2.94 bits per heavy atom. The van der Waals surface area contributed by atoms with Crippen LogP contribution in [0.5, 0.6) is 0 Å². The summed E-state index contributed by atoms with van der Waals surface area (Å²) in [7, 11) is 0. The van der Waals surface area contributed by atoms with Gasteiger partial charge in [-0.25, -0.2) is 4.79 Å². The molecule has 2 rings (SSSR count). The number of carbonyl (C=O) groups excluding carboxylic acids is 1. The second kappa shape index (κ2) is 5.90. The molecule has 2 fully saturated rings. The van der Waals surface area contributed by atoms with Gasteiger partial charge in [-0.15, -0.1) is 11.8 Å². The zero-order valence-electron chi connectivity index (χ0n) is 10.3. The van der Waals surface area contributed by atoms with Crippen LogP contribution in [0.2, 0.25) is 0 Å². The fourth-order valence-corrected chi connectivity index (χ4v) is 3.45. The molecule has 0 saturated carbocycles. The molecule has 2 heterocycles. The molecule has 0 aromatic carbocycles. The number of nitrogens with zero attached hydrogens (tertiary/aromatic N) is 1. The Morgan fingerprint density at radius 2 is 2.33 bits per heavy atom. The molecule has 0 bridgehead atoms. The number of rotatable bonds is 3. The number of carbonyl (C=O) groups is 2. The molecule has 2 aliphatic rings.